The van der Waals surface area contributed by atoms with Crippen LogP contribution in [0.4, 0.5) is 0 Å². The van der Waals surface area contributed by atoms with Gasteiger partial charge in [0.1, 0.15) is 5.08 Å². The van der Waals surface area contributed by atoms with Crippen molar-refractivity contribution < 1.29 is 152 Å². The van der Waals surface area contributed by atoms with Gasteiger partial charge in [0.05, 0.1) is 0 Å². The van der Waals surface area contributed by atoms with E-state index in [1.807, 2.05) is 0 Å². The molecule has 0 radical (unpaired) electrons. The average molecular weight is 371 g/mol. The first-order valence-electron chi connectivity index (χ1n) is 4.23. The van der Waals surface area contributed by atoms with Gasteiger partial charge in [-0.1, -0.05) is 6.07 Å². The minimum absolute atomic E-state index is 0. The molecule has 0 aliphatic carbocycles. The quantitative estimate of drug-likeness (QED) is 0.403. The smallest absolute Gasteiger partial charge is 0.808 e. The molecule has 0 aromatic carbocycles. The molecule has 0 unspecified atom stereocenters. The van der Waals surface area contributed by atoms with E-state index in [0.717, 1.165) is 6.20 Å². The van der Waals surface area contributed by atoms with Crippen molar-refractivity contribution in [2.24, 2.45) is 0 Å². The maximum absolute atomic E-state index is 10.7. The Morgan fingerprint density at radius 2 is 1.48 bits per heavy atom. The predicted octanol–water partition coefficient (Wildman–Crippen LogP) is -14.9. The van der Waals surface area contributed by atoms with Crippen LogP contribution in [0.1, 0.15) is 5.56 Å². The summed E-state index contributed by atoms with van der Waals surface area (Å²) in [7, 11) is -12.1. The van der Waals surface area contributed by atoms with Crippen molar-refractivity contribution in [1.82, 2.24) is 4.98 Å². The second-order valence-electron chi connectivity index (χ2n) is 3.31. The van der Waals surface area contributed by atoms with Crippen LogP contribution >= 0.6 is 15.2 Å². The van der Waals surface area contributed by atoms with Crippen molar-refractivity contribution in [3.8, 4) is 0 Å². The van der Waals surface area contributed by atoms with Crippen LogP contribution in [-0.2, 0) is 15.6 Å². The van der Waals surface area contributed by atoms with Gasteiger partial charge in [0.2, 0.25) is 0 Å². The van der Waals surface area contributed by atoms with Crippen LogP contribution in [0.25, 0.3) is 0 Å². The molecular weight excluding hydrogens is 364 g/mol. The first kappa shape index (κ1) is 32.1. The Balaban J connectivity index is -0.000000361. The number of pyridine rings is 1. The van der Waals surface area contributed by atoms with Gasteiger partial charge in [-0.25, -0.2) is 0 Å². The van der Waals surface area contributed by atoms with Crippen LogP contribution in [0.15, 0.2) is 24.5 Å². The molecule has 0 amide bonds. The summed E-state index contributed by atoms with van der Waals surface area (Å²) in [4.78, 5) is 46.5. The molecular formula is C7H7NNa4O7P2. The second kappa shape index (κ2) is 12.7. The summed E-state index contributed by atoms with van der Waals surface area (Å²) < 4.78 is 21.5. The minimum atomic E-state index is -6.04. The van der Waals surface area contributed by atoms with E-state index >= 15 is 0 Å². The van der Waals surface area contributed by atoms with E-state index in [1.165, 1.54) is 18.3 Å². The van der Waals surface area contributed by atoms with Gasteiger partial charge in [-0.3, -0.25) is 4.98 Å². The molecule has 0 bridgehead atoms. The fourth-order valence-electron chi connectivity index (χ4n) is 1.12. The van der Waals surface area contributed by atoms with Gasteiger partial charge in [-0.05, 0) is 26.8 Å². The van der Waals surface area contributed by atoms with Gasteiger partial charge in [0.15, 0.2) is 0 Å². The molecule has 0 aliphatic heterocycles. The first-order chi connectivity index (χ1) is 7.58. The normalized spacial score (nSPS) is 11.1. The predicted molar refractivity (Wildman–Crippen MR) is 48.1 cm³/mol. The van der Waals surface area contributed by atoms with Gasteiger partial charge in [-0.15, -0.1) is 0 Å². The third kappa shape index (κ3) is 9.06. The van der Waals surface area contributed by atoms with E-state index in [-0.39, 0.29) is 124 Å². The Morgan fingerprint density at radius 3 is 1.76 bits per heavy atom. The molecule has 1 heterocycles. The molecule has 0 atom stereocenters. The maximum atomic E-state index is 10.7. The van der Waals surface area contributed by atoms with Crippen molar-refractivity contribution in [1.29, 1.82) is 0 Å². The Kier molecular flexibility index (Phi) is 19.4. The zero-order valence-corrected chi connectivity index (χ0v) is 22.0. The SMILES string of the molecule is O=P([O-])([O-])C(O)(Cc1cccnc1)P(=O)([O-])[O-].[Na+].[Na+].[Na+].[Na+]. The van der Waals surface area contributed by atoms with E-state index in [9.17, 15) is 33.8 Å². The van der Waals surface area contributed by atoms with Gasteiger partial charge in [0, 0.05) is 18.8 Å². The van der Waals surface area contributed by atoms with Crippen molar-refractivity contribution in [3.63, 3.8) is 0 Å². The summed E-state index contributed by atoms with van der Waals surface area (Å²) in [6, 6.07) is 2.56. The summed E-state index contributed by atoms with van der Waals surface area (Å²) in [5.41, 5.74) is -0.0612. The molecule has 96 valence electrons. The van der Waals surface area contributed by atoms with Crippen LogP contribution in [0.3, 0.4) is 0 Å². The summed E-state index contributed by atoms with van der Waals surface area (Å²) in [5, 5.41) is 5.46. The fourth-order valence-corrected chi connectivity index (χ4v) is 3.07. The number of aromatic nitrogens is 1. The van der Waals surface area contributed by atoms with Crippen LogP contribution in [0.5, 0.6) is 0 Å². The summed E-state index contributed by atoms with van der Waals surface area (Å²) in [6.07, 6.45) is 1.20. The molecule has 0 aliphatic rings. The number of hydrogen-bond donors (Lipinski definition) is 1. The Morgan fingerprint density at radius 1 is 1.05 bits per heavy atom. The summed E-state index contributed by atoms with van der Waals surface area (Å²) in [6.45, 7) is 0. The molecule has 8 nitrogen and oxygen atoms in total. The minimum Gasteiger partial charge on any atom is -0.808 e. The fraction of sp³-hybridized carbons (Fsp3) is 0.286. The number of nitrogens with zero attached hydrogens (tertiary/aromatic N) is 1. The van der Waals surface area contributed by atoms with Gasteiger partial charge in [0.25, 0.3) is 0 Å². The van der Waals surface area contributed by atoms with E-state index in [1.54, 1.807) is 0 Å². The van der Waals surface area contributed by atoms with E-state index in [2.05, 4.69) is 4.98 Å². The third-order valence-electron chi connectivity index (χ3n) is 2.04. The van der Waals surface area contributed by atoms with Crippen molar-refractivity contribution in [2.45, 2.75) is 11.5 Å². The topological polar surface area (TPSA) is 160 Å². The number of rotatable bonds is 4. The molecule has 0 fully saturated rings. The van der Waals surface area contributed by atoms with E-state index in [4.69, 9.17) is 0 Å². The molecule has 0 saturated heterocycles. The average Bonchev–Trinajstić information content (AvgIpc) is 2.15. The summed E-state index contributed by atoms with van der Waals surface area (Å²) >= 11 is 0. The summed E-state index contributed by atoms with van der Waals surface area (Å²) in [5.74, 6) is 0. The number of hydrogen-bond acceptors (Lipinski definition) is 8. The van der Waals surface area contributed by atoms with Gasteiger partial charge in [-0.2, -0.15) is 0 Å². The van der Waals surface area contributed by atoms with E-state index < -0.39 is 26.7 Å². The maximum Gasteiger partial charge on any atom is 1.00 e. The Bertz CT molecular complexity index is 471. The first-order valence-corrected chi connectivity index (χ1v) is 7.32. The molecule has 0 spiro atoms. The molecule has 14 heteroatoms. The molecule has 0 saturated carbocycles. The van der Waals surface area contributed by atoms with Gasteiger partial charge < -0.3 is 33.8 Å². The van der Waals surface area contributed by atoms with Crippen LogP contribution in [0.2, 0.25) is 0 Å². The van der Waals surface area contributed by atoms with Crippen LogP contribution in [0, 0.1) is 0 Å². The monoisotopic (exact) mass is 371 g/mol. The molecule has 21 heavy (non-hydrogen) atoms. The Labute approximate surface area is 210 Å². The van der Waals surface area contributed by atoms with Crippen molar-refractivity contribution >= 4 is 15.2 Å². The largest absolute Gasteiger partial charge is 1.00 e. The third-order valence-corrected chi connectivity index (χ3v) is 5.58. The van der Waals surface area contributed by atoms with Crippen molar-refractivity contribution in [2.75, 3.05) is 0 Å². The van der Waals surface area contributed by atoms with Crippen molar-refractivity contribution in [3.05, 3.63) is 30.1 Å². The number of aliphatic hydroxyl groups is 1. The Hall–Kier alpha value is 3.41. The second-order valence-corrected chi connectivity index (χ2v) is 7.13. The van der Waals surface area contributed by atoms with Crippen LogP contribution in [-0.4, -0.2) is 15.2 Å². The molecule has 1 rings (SSSR count). The standard InChI is InChI=1S/C7H11NO7P2.4Na/c9-7(16(10,11)12,17(13,14)15)4-6-2-1-3-8-5-6;;;;/h1-3,5,9H,4H2,(H2,10,11,12)(H2,13,14,15);;;;/q;4*+1/p-4. The van der Waals surface area contributed by atoms with Crippen LogP contribution < -0.4 is 138 Å². The molecule has 1 aromatic heterocycles. The molecule has 1 N–H and O–H groups in total. The molecule has 1 aromatic rings. The zero-order valence-electron chi connectivity index (χ0n) is 12.3. The van der Waals surface area contributed by atoms with E-state index in [0.29, 0.717) is 0 Å². The zero-order chi connectivity index (χ0) is 13.3. The van der Waals surface area contributed by atoms with Gasteiger partial charge >= 0.3 is 118 Å².